The monoisotopic (exact) mass is 348 g/mol. The number of carbonyl (C=O) groups is 1. The van der Waals surface area contributed by atoms with Gasteiger partial charge in [-0.05, 0) is 31.0 Å². The number of hydrogen-bond donors (Lipinski definition) is 2. The number of thioether (sulfide) groups is 1. The smallest absolute Gasteiger partial charge is 0.233 e. The second kappa shape index (κ2) is 8.69. The first-order chi connectivity index (χ1) is 11.1. The summed E-state index contributed by atoms with van der Waals surface area (Å²) in [5.74, 6) is -0.0326. The van der Waals surface area contributed by atoms with Gasteiger partial charge in [-0.25, -0.2) is 0 Å². The van der Waals surface area contributed by atoms with E-state index in [0.717, 1.165) is 21.6 Å². The second-order valence-electron chi connectivity index (χ2n) is 4.84. The van der Waals surface area contributed by atoms with Gasteiger partial charge in [-0.1, -0.05) is 48.2 Å². The van der Waals surface area contributed by atoms with Crippen molar-refractivity contribution in [3.63, 3.8) is 0 Å². The van der Waals surface area contributed by atoms with Crippen LogP contribution < -0.4 is 10.6 Å². The van der Waals surface area contributed by atoms with Crippen molar-refractivity contribution in [2.75, 3.05) is 11.9 Å². The lowest BCUT2D eigenvalue weighted by Crippen LogP contribution is -2.30. The summed E-state index contributed by atoms with van der Waals surface area (Å²) in [6.45, 7) is 8.03. The third kappa shape index (κ3) is 5.37. The van der Waals surface area contributed by atoms with Gasteiger partial charge >= 0.3 is 0 Å². The van der Waals surface area contributed by atoms with Crippen LogP contribution in [0.5, 0.6) is 0 Å². The van der Waals surface area contributed by atoms with E-state index in [1.165, 1.54) is 28.7 Å². The number of nitrogens with one attached hydrogen (secondary N) is 2. The molecule has 1 amide bonds. The number of amides is 1. The molecule has 0 bridgehead atoms. The van der Waals surface area contributed by atoms with Crippen LogP contribution in [0.15, 0.2) is 41.3 Å². The molecule has 23 heavy (non-hydrogen) atoms. The number of hydrogen-bond acceptors (Lipinski definition) is 6. The minimum atomic E-state index is -0.223. The maximum absolute atomic E-state index is 11.8. The van der Waals surface area contributed by atoms with Crippen LogP contribution in [0.4, 0.5) is 10.8 Å². The average molecular weight is 348 g/mol. The Balaban J connectivity index is 1.91. The maximum atomic E-state index is 11.8. The number of rotatable bonds is 8. The molecule has 2 aromatic rings. The third-order valence-electron chi connectivity index (χ3n) is 3.09. The number of aryl methyl sites for hydroxylation is 1. The summed E-state index contributed by atoms with van der Waals surface area (Å²) in [6, 6.07) is 8.23. The molecular formula is C16H20N4OS2. The standard InChI is InChI=1S/C16H20N4OS2/c1-4-10-17-14(21)11(3)22-16-20-19-15(23-16)18-13-8-6-12(5-2)7-9-13/h4,6-9,11H,1,5,10H2,2-3H3,(H,17,21)(H,18,19)/t11-/m1/s1. The fraction of sp³-hybridized carbons (Fsp3) is 0.312. The zero-order chi connectivity index (χ0) is 16.7. The van der Waals surface area contributed by atoms with E-state index in [1.54, 1.807) is 6.08 Å². The molecule has 0 aliphatic heterocycles. The van der Waals surface area contributed by atoms with E-state index in [-0.39, 0.29) is 11.2 Å². The molecule has 0 saturated heterocycles. The van der Waals surface area contributed by atoms with Gasteiger partial charge in [0.05, 0.1) is 5.25 Å². The minimum absolute atomic E-state index is 0.0326. The Kier molecular flexibility index (Phi) is 6.61. The largest absolute Gasteiger partial charge is 0.352 e. The third-order valence-corrected chi connectivity index (χ3v) is 5.11. The highest BCUT2D eigenvalue weighted by atomic mass is 32.2. The molecule has 1 aromatic heterocycles. The lowest BCUT2D eigenvalue weighted by Gasteiger charge is -2.08. The van der Waals surface area contributed by atoms with Crippen molar-refractivity contribution in [1.29, 1.82) is 0 Å². The molecule has 0 aliphatic carbocycles. The van der Waals surface area contributed by atoms with Gasteiger partial charge in [0.1, 0.15) is 0 Å². The Morgan fingerprint density at radius 2 is 2.13 bits per heavy atom. The summed E-state index contributed by atoms with van der Waals surface area (Å²) in [4.78, 5) is 11.8. The Morgan fingerprint density at radius 1 is 1.39 bits per heavy atom. The number of anilines is 2. The molecule has 1 atom stereocenters. The fourth-order valence-corrected chi connectivity index (χ4v) is 3.72. The van der Waals surface area contributed by atoms with Crippen LogP contribution >= 0.6 is 23.1 Å². The fourth-order valence-electron chi connectivity index (χ4n) is 1.78. The maximum Gasteiger partial charge on any atom is 0.233 e. The highest BCUT2D eigenvalue weighted by Crippen LogP contribution is 2.30. The predicted octanol–water partition coefficient (Wildman–Crippen LogP) is 3.63. The lowest BCUT2D eigenvalue weighted by molar-refractivity contribution is -0.120. The van der Waals surface area contributed by atoms with Crippen molar-refractivity contribution in [1.82, 2.24) is 15.5 Å². The molecule has 0 radical (unpaired) electrons. The SMILES string of the molecule is C=CCNC(=O)[C@@H](C)Sc1nnc(Nc2ccc(CC)cc2)s1. The van der Waals surface area contributed by atoms with Gasteiger partial charge in [0.2, 0.25) is 11.0 Å². The first kappa shape index (κ1) is 17.5. The molecule has 1 heterocycles. The summed E-state index contributed by atoms with van der Waals surface area (Å²) in [7, 11) is 0. The van der Waals surface area contributed by atoms with Gasteiger partial charge in [-0.15, -0.1) is 16.8 Å². The van der Waals surface area contributed by atoms with Crippen molar-refractivity contribution in [3.05, 3.63) is 42.5 Å². The van der Waals surface area contributed by atoms with Crippen molar-refractivity contribution in [3.8, 4) is 0 Å². The van der Waals surface area contributed by atoms with Gasteiger partial charge in [0, 0.05) is 12.2 Å². The molecular weight excluding hydrogens is 328 g/mol. The van der Waals surface area contributed by atoms with Gasteiger partial charge in [0.25, 0.3) is 0 Å². The molecule has 0 saturated carbocycles. The summed E-state index contributed by atoms with van der Waals surface area (Å²) in [6.07, 6.45) is 2.68. The van der Waals surface area contributed by atoms with Crippen LogP contribution in [0.3, 0.4) is 0 Å². The number of benzene rings is 1. The molecule has 2 N–H and O–H groups in total. The molecule has 122 valence electrons. The number of aromatic nitrogens is 2. The van der Waals surface area contributed by atoms with E-state index < -0.39 is 0 Å². The van der Waals surface area contributed by atoms with E-state index in [9.17, 15) is 4.79 Å². The number of carbonyl (C=O) groups excluding carboxylic acids is 1. The molecule has 5 nitrogen and oxygen atoms in total. The molecule has 0 unspecified atom stereocenters. The van der Waals surface area contributed by atoms with Gasteiger partial charge in [0.15, 0.2) is 4.34 Å². The van der Waals surface area contributed by atoms with Crippen LogP contribution in [-0.2, 0) is 11.2 Å². The Morgan fingerprint density at radius 3 is 2.78 bits per heavy atom. The molecule has 2 rings (SSSR count). The van der Waals surface area contributed by atoms with Crippen molar-refractivity contribution >= 4 is 39.8 Å². The van der Waals surface area contributed by atoms with E-state index in [4.69, 9.17) is 0 Å². The zero-order valence-electron chi connectivity index (χ0n) is 13.2. The summed E-state index contributed by atoms with van der Waals surface area (Å²) in [5, 5.41) is 14.7. The molecule has 1 aromatic carbocycles. The van der Waals surface area contributed by atoms with Crippen LogP contribution in [0.2, 0.25) is 0 Å². The molecule has 0 aliphatic rings. The molecule has 0 spiro atoms. The average Bonchev–Trinajstić information content (AvgIpc) is 3.00. The Hall–Kier alpha value is -1.86. The normalized spacial score (nSPS) is 11.7. The van der Waals surface area contributed by atoms with E-state index in [1.807, 2.05) is 19.1 Å². The van der Waals surface area contributed by atoms with Gasteiger partial charge in [-0.2, -0.15) is 0 Å². The van der Waals surface area contributed by atoms with Gasteiger partial charge < -0.3 is 10.6 Å². The predicted molar refractivity (Wildman–Crippen MR) is 97.5 cm³/mol. The van der Waals surface area contributed by atoms with Crippen molar-refractivity contribution in [2.45, 2.75) is 29.9 Å². The molecule has 7 heteroatoms. The lowest BCUT2D eigenvalue weighted by atomic mass is 10.1. The van der Waals surface area contributed by atoms with Crippen molar-refractivity contribution in [2.24, 2.45) is 0 Å². The summed E-state index contributed by atoms with van der Waals surface area (Å²) in [5.41, 5.74) is 2.27. The van der Waals surface area contributed by atoms with Crippen molar-refractivity contribution < 1.29 is 4.79 Å². The summed E-state index contributed by atoms with van der Waals surface area (Å²) >= 11 is 2.83. The zero-order valence-corrected chi connectivity index (χ0v) is 14.8. The van der Waals surface area contributed by atoms with Crippen LogP contribution in [0.25, 0.3) is 0 Å². The molecule has 0 fully saturated rings. The first-order valence-electron chi connectivity index (χ1n) is 7.37. The van der Waals surface area contributed by atoms with E-state index in [0.29, 0.717) is 6.54 Å². The van der Waals surface area contributed by atoms with Crippen LogP contribution in [0, 0.1) is 0 Å². The van der Waals surface area contributed by atoms with E-state index >= 15 is 0 Å². The second-order valence-corrected chi connectivity index (χ2v) is 7.41. The topological polar surface area (TPSA) is 66.9 Å². The highest BCUT2D eigenvalue weighted by molar-refractivity contribution is 8.02. The minimum Gasteiger partial charge on any atom is -0.352 e. The van der Waals surface area contributed by atoms with Crippen LogP contribution in [-0.4, -0.2) is 27.9 Å². The van der Waals surface area contributed by atoms with Crippen LogP contribution in [0.1, 0.15) is 19.4 Å². The first-order valence-corrected chi connectivity index (χ1v) is 9.06. The van der Waals surface area contributed by atoms with E-state index in [2.05, 4.69) is 46.5 Å². The Labute approximate surface area is 144 Å². The Bertz CT molecular complexity index is 654. The quantitative estimate of drug-likeness (QED) is 0.563. The van der Waals surface area contributed by atoms with Gasteiger partial charge in [-0.3, -0.25) is 4.79 Å². The number of nitrogens with zero attached hydrogens (tertiary/aromatic N) is 2. The highest BCUT2D eigenvalue weighted by Gasteiger charge is 2.16. The summed E-state index contributed by atoms with van der Waals surface area (Å²) < 4.78 is 0.763.